The number of likely N-dealkylation sites (tertiary alicyclic amines) is 2. The van der Waals surface area contributed by atoms with Crippen LogP contribution in [0.15, 0.2) is 29.8 Å². The second-order valence-electron chi connectivity index (χ2n) is 13.3. The van der Waals surface area contributed by atoms with E-state index in [1.165, 1.54) is 9.80 Å². The van der Waals surface area contributed by atoms with Gasteiger partial charge in [-0.25, -0.2) is 9.78 Å². The van der Waals surface area contributed by atoms with Gasteiger partial charge in [-0.2, -0.15) is 0 Å². The molecule has 4 atom stereocenters. The average Bonchev–Trinajstić information content (AvgIpc) is 3.64. The number of thiazole rings is 1. The molecule has 1 aromatic heterocycles. The Balaban J connectivity index is 1.28. The number of aliphatic hydroxyl groups is 1. The summed E-state index contributed by atoms with van der Waals surface area (Å²) in [4.78, 5) is 59.3. The monoisotopic (exact) mass is 673 g/mol. The second kappa shape index (κ2) is 16.0. The molecule has 13 nitrogen and oxygen atoms in total. The van der Waals surface area contributed by atoms with Gasteiger partial charge in [-0.1, -0.05) is 45.0 Å². The standard InChI is InChI=1S/C33H47N5O8S/c1-20(22-6-8-23(9-7-22)28-21(2)34-19-47-28)35-30(41)26-16-24(39)17-38(26)31(42)29(33(3,4)5)36-27(40)18-45-14-15-46-25-10-12-37(13-11-25)32(43)44/h6-9,19-20,24-26,29,39H,10-18H2,1-5H3,(H,35,41)(H,36,40)(H,43,44)/t20-,24+,26-,29+/m0/s1. The minimum atomic E-state index is -0.963. The van der Waals surface area contributed by atoms with Crippen molar-refractivity contribution in [1.82, 2.24) is 25.4 Å². The average molecular weight is 674 g/mol. The van der Waals surface area contributed by atoms with Gasteiger partial charge in [-0.05, 0) is 43.2 Å². The number of hydrogen-bond acceptors (Lipinski definition) is 9. The molecule has 3 heterocycles. The summed E-state index contributed by atoms with van der Waals surface area (Å²) in [6, 6.07) is 5.70. The van der Waals surface area contributed by atoms with E-state index in [1.54, 1.807) is 11.3 Å². The third kappa shape index (κ3) is 9.72. The number of β-amino-alcohol motifs (C(OH)–C–C–N with tert-alkyl or cyclic N) is 1. The Hall–Kier alpha value is -3.59. The van der Waals surface area contributed by atoms with Crippen LogP contribution in [0.4, 0.5) is 4.79 Å². The fourth-order valence-electron chi connectivity index (χ4n) is 5.87. The van der Waals surface area contributed by atoms with Crippen molar-refractivity contribution < 1.29 is 38.9 Å². The zero-order chi connectivity index (χ0) is 34.3. The molecule has 0 spiro atoms. The Kier molecular flexibility index (Phi) is 12.3. The SMILES string of the molecule is Cc1ncsc1-c1ccc([C@H](C)NC(=O)[C@@H]2C[C@@H](O)CN2C(=O)[C@@H](NC(=O)COCCOC2CCN(C(=O)O)CC2)C(C)(C)C)cc1. The summed E-state index contributed by atoms with van der Waals surface area (Å²) < 4.78 is 11.2. The van der Waals surface area contributed by atoms with Gasteiger partial charge in [0.2, 0.25) is 17.7 Å². The van der Waals surface area contributed by atoms with E-state index in [2.05, 4.69) is 15.6 Å². The highest BCUT2D eigenvalue weighted by Gasteiger charge is 2.44. The number of aromatic nitrogens is 1. The van der Waals surface area contributed by atoms with Crippen LogP contribution in [0.1, 0.15) is 64.3 Å². The zero-order valence-electron chi connectivity index (χ0n) is 27.7. The molecular formula is C33H47N5O8S. The first kappa shape index (κ1) is 36.2. The van der Waals surface area contributed by atoms with Crippen LogP contribution in [0.25, 0.3) is 10.4 Å². The number of aliphatic hydroxyl groups excluding tert-OH is 1. The van der Waals surface area contributed by atoms with Crippen molar-refractivity contribution in [3.8, 4) is 10.4 Å². The van der Waals surface area contributed by atoms with Gasteiger partial charge in [0.15, 0.2) is 0 Å². The lowest BCUT2D eigenvalue weighted by Crippen LogP contribution is -2.58. The normalized spacial score (nSPS) is 20.1. The van der Waals surface area contributed by atoms with Crippen molar-refractivity contribution in [1.29, 1.82) is 0 Å². The molecule has 2 aliphatic heterocycles. The van der Waals surface area contributed by atoms with E-state index < -0.39 is 41.5 Å². The van der Waals surface area contributed by atoms with E-state index in [-0.39, 0.29) is 50.8 Å². The minimum absolute atomic E-state index is 0.0180. The molecule has 2 aromatic rings. The van der Waals surface area contributed by atoms with Gasteiger partial charge in [0.25, 0.3) is 0 Å². The van der Waals surface area contributed by atoms with Gasteiger partial charge in [-0.15, -0.1) is 11.3 Å². The third-order valence-electron chi connectivity index (χ3n) is 8.59. The molecule has 0 aliphatic carbocycles. The molecule has 47 heavy (non-hydrogen) atoms. The number of carbonyl (C=O) groups is 4. The molecule has 4 amide bonds. The van der Waals surface area contributed by atoms with E-state index in [0.717, 1.165) is 21.7 Å². The topological polar surface area (TPSA) is 171 Å². The molecule has 258 valence electrons. The Morgan fingerprint density at radius 2 is 1.77 bits per heavy atom. The Bertz CT molecular complexity index is 1390. The Morgan fingerprint density at radius 3 is 2.36 bits per heavy atom. The van der Waals surface area contributed by atoms with Crippen molar-refractivity contribution in [3.05, 3.63) is 41.0 Å². The lowest BCUT2D eigenvalue weighted by Gasteiger charge is -2.35. The number of ether oxygens (including phenoxy) is 2. The number of benzene rings is 1. The van der Waals surface area contributed by atoms with E-state index in [4.69, 9.17) is 14.6 Å². The van der Waals surface area contributed by atoms with Crippen molar-refractivity contribution in [2.75, 3.05) is 39.5 Å². The number of nitrogens with one attached hydrogen (secondary N) is 2. The number of carboxylic acid groups (broad SMARTS) is 1. The first-order valence-corrected chi connectivity index (χ1v) is 16.9. The quantitative estimate of drug-likeness (QED) is 0.247. The van der Waals surface area contributed by atoms with Crippen molar-refractivity contribution in [2.24, 2.45) is 5.41 Å². The van der Waals surface area contributed by atoms with Crippen LogP contribution in [0.5, 0.6) is 0 Å². The number of rotatable bonds is 12. The summed E-state index contributed by atoms with van der Waals surface area (Å²) in [5.41, 5.74) is 4.02. The van der Waals surface area contributed by atoms with Crippen LogP contribution in [-0.2, 0) is 23.9 Å². The van der Waals surface area contributed by atoms with Gasteiger partial charge in [0, 0.05) is 26.1 Å². The molecule has 1 aromatic carbocycles. The molecule has 0 bridgehead atoms. The number of carbonyl (C=O) groups excluding carboxylic acids is 3. The first-order chi connectivity index (χ1) is 22.2. The summed E-state index contributed by atoms with van der Waals surface area (Å²) in [7, 11) is 0. The van der Waals surface area contributed by atoms with Gasteiger partial charge < -0.3 is 40.1 Å². The molecule has 4 rings (SSSR count). The molecule has 0 radical (unpaired) electrons. The lowest BCUT2D eigenvalue weighted by molar-refractivity contribution is -0.144. The summed E-state index contributed by atoms with van der Waals surface area (Å²) in [6.45, 7) is 10.2. The van der Waals surface area contributed by atoms with Crippen LogP contribution in [0.2, 0.25) is 0 Å². The zero-order valence-corrected chi connectivity index (χ0v) is 28.5. The van der Waals surface area contributed by atoms with E-state index in [9.17, 15) is 24.3 Å². The fraction of sp³-hybridized carbons (Fsp3) is 0.606. The number of aryl methyl sites for hydroxylation is 1. The third-order valence-corrected chi connectivity index (χ3v) is 9.56. The highest BCUT2D eigenvalue weighted by Crippen LogP contribution is 2.29. The van der Waals surface area contributed by atoms with Crippen LogP contribution in [-0.4, -0.2) is 113 Å². The van der Waals surface area contributed by atoms with Gasteiger partial charge in [0.1, 0.15) is 18.7 Å². The predicted molar refractivity (Wildman–Crippen MR) is 176 cm³/mol. The smallest absolute Gasteiger partial charge is 0.407 e. The van der Waals surface area contributed by atoms with Crippen molar-refractivity contribution >= 4 is 35.2 Å². The molecule has 14 heteroatoms. The van der Waals surface area contributed by atoms with Crippen molar-refractivity contribution in [2.45, 2.75) is 84.2 Å². The fourth-order valence-corrected chi connectivity index (χ4v) is 6.68. The van der Waals surface area contributed by atoms with Gasteiger partial charge in [-0.3, -0.25) is 14.4 Å². The maximum atomic E-state index is 13.9. The van der Waals surface area contributed by atoms with Crippen LogP contribution in [0.3, 0.4) is 0 Å². The van der Waals surface area contributed by atoms with Crippen molar-refractivity contribution in [3.63, 3.8) is 0 Å². The first-order valence-electron chi connectivity index (χ1n) is 16.0. The lowest BCUT2D eigenvalue weighted by atomic mass is 9.85. The molecular weight excluding hydrogens is 626 g/mol. The maximum Gasteiger partial charge on any atom is 0.407 e. The number of hydrogen-bond donors (Lipinski definition) is 4. The largest absolute Gasteiger partial charge is 0.465 e. The van der Waals surface area contributed by atoms with Gasteiger partial charge >= 0.3 is 6.09 Å². The Morgan fingerprint density at radius 1 is 1.09 bits per heavy atom. The van der Waals surface area contributed by atoms with Crippen LogP contribution in [0, 0.1) is 12.3 Å². The molecule has 0 saturated carbocycles. The van der Waals surface area contributed by atoms with E-state index in [1.807, 2.05) is 64.4 Å². The van der Waals surface area contributed by atoms with E-state index >= 15 is 0 Å². The van der Waals surface area contributed by atoms with Crippen LogP contribution < -0.4 is 10.6 Å². The molecule has 2 aliphatic rings. The summed E-state index contributed by atoms with van der Waals surface area (Å²) >= 11 is 1.57. The predicted octanol–water partition coefficient (Wildman–Crippen LogP) is 2.96. The molecule has 0 unspecified atom stereocenters. The minimum Gasteiger partial charge on any atom is -0.465 e. The molecule has 2 saturated heterocycles. The summed E-state index contributed by atoms with van der Waals surface area (Å²) in [5.74, 6) is -1.31. The van der Waals surface area contributed by atoms with Gasteiger partial charge in [0.05, 0.1) is 47.5 Å². The summed E-state index contributed by atoms with van der Waals surface area (Å²) in [6.07, 6.45) is -0.563. The summed E-state index contributed by atoms with van der Waals surface area (Å²) in [5, 5.41) is 25.3. The second-order valence-corrected chi connectivity index (χ2v) is 14.1. The molecule has 4 N–H and O–H groups in total. The number of amides is 4. The highest BCUT2D eigenvalue weighted by molar-refractivity contribution is 7.13. The highest BCUT2D eigenvalue weighted by atomic mass is 32.1. The van der Waals surface area contributed by atoms with E-state index in [0.29, 0.717) is 25.9 Å². The number of piperidine rings is 1. The Labute approximate surface area is 279 Å². The molecule has 2 fully saturated rings. The maximum absolute atomic E-state index is 13.9. The number of nitrogens with zero attached hydrogens (tertiary/aromatic N) is 3. The van der Waals surface area contributed by atoms with Crippen LogP contribution >= 0.6 is 11.3 Å².